The van der Waals surface area contributed by atoms with Crippen molar-refractivity contribution in [3.8, 4) is 11.3 Å². The lowest BCUT2D eigenvalue weighted by molar-refractivity contribution is 0.601. The molecule has 154 valence electrons. The highest BCUT2D eigenvalue weighted by Crippen LogP contribution is 2.26. The number of aromatic nitrogens is 3. The molecule has 2 aromatic heterocycles. The average Bonchev–Trinajstić information content (AvgIpc) is 2.59. The van der Waals surface area contributed by atoms with Crippen LogP contribution in [0.4, 0.5) is 17.5 Å². The molecule has 29 heavy (non-hydrogen) atoms. The van der Waals surface area contributed by atoms with E-state index in [4.69, 9.17) is 5.73 Å². The van der Waals surface area contributed by atoms with Crippen LogP contribution in [0, 0.1) is 0 Å². The van der Waals surface area contributed by atoms with Crippen LogP contribution >= 0.6 is 0 Å². The molecule has 1 aromatic carbocycles. The summed E-state index contributed by atoms with van der Waals surface area (Å²) in [7, 11) is -6.55. The third-order valence-electron chi connectivity index (χ3n) is 3.79. The Kier molecular flexibility index (Phi) is 5.57. The predicted molar refractivity (Wildman–Crippen MR) is 114 cm³/mol. The largest absolute Gasteiger partial charge is 0.368 e. The molecule has 0 saturated carbocycles. The molecule has 0 amide bonds. The van der Waals surface area contributed by atoms with Gasteiger partial charge in [0.1, 0.15) is 15.4 Å². The standard InChI is InChI=1S/C17H20N6O4S2/c1-28(24,25)9-8-19-16-15-14(21-17(18)22-16)7-6-13(20-15)11-4-3-5-12(10-11)23-29(2,26)27/h3-7,10,23H,8-9H2,1-2H3,(H3,18,19,21,22). The molecule has 3 aromatic rings. The second kappa shape index (κ2) is 7.79. The number of anilines is 3. The molecule has 4 N–H and O–H groups in total. The number of nitrogens with two attached hydrogens (primary N) is 1. The quantitative estimate of drug-likeness (QED) is 0.493. The predicted octanol–water partition coefficient (Wildman–Crippen LogP) is 1.10. The molecule has 0 aliphatic carbocycles. The van der Waals surface area contributed by atoms with E-state index in [0.717, 1.165) is 12.5 Å². The van der Waals surface area contributed by atoms with E-state index in [2.05, 4.69) is 25.0 Å². The maximum Gasteiger partial charge on any atom is 0.229 e. The number of nitrogens with zero attached hydrogens (tertiary/aromatic N) is 3. The SMILES string of the molecule is CS(=O)(=O)CCNc1nc(N)nc2ccc(-c3cccc(NS(C)(=O)=O)c3)nc12. The fourth-order valence-electron chi connectivity index (χ4n) is 2.63. The van der Waals surface area contributed by atoms with Gasteiger partial charge in [0.25, 0.3) is 0 Å². The van der Waals surface area contributed by atoms with Gasteiger partial charge in [-0.1, -0.05) is 12.1 Å². The fraction of sp³-hybridized carbons (Fsp3) is 0.235. The second-order valence-corrected chi connectivity index (χ2v) is 10.5. The Balaban J connectivity index is 2.00. The molecule has 0 fully saturated rings. The van der Waals surface area contributed by atoms with Crippen molar-refractivity contribution in [2.75, 3.05) is 40.6 Å². The van der Waals surface area contributed by atoms with Crippen molar-refractivity contribution >= 4 is 48.3 Å². The highest BCUT2D eigenvalue weighted by atomic mass is 32.2. The molecule has 0 unspecified atom stereocenters. The van der Waals surface area contributed by atoms with Crippen molar-refractivity contribution in [1.29, 1.82) is 0 Å². The summed E-state index contributed by atoms with van der Waals surface area (Å²) in [5.41, 5.74) is 8.31. The first kappa shape index (κ1) is 20.7. The van der Waals surface area contributed by atoms with Crippen LogP contribution < -0.4 is 15.8 Å². The lowest BCUT2D eigenvalue weighted by Gasteiger charge is -2.10. The summed E-state index contributed by atoms with van der Waals surface area (Å²) in [4.78, 5) is 12.8. The van der Waals surface area contributed by atoms with Gasteiger partial charge in [0, 0.05) is 24.1 Å². The van der Waals surface area contributed by atoms with Crippen molar-refractivity contribution in [2.45, 2.75) is 0 Å². The summed E-state index contributed by atoms with van der Waals surface area (Å²) in [6.45, 7) is 0.143. The van der Waals surface area contributed by atoms with E-state index in [0.29, 0.717) is 33.8 Å². The Hall–Kier alpha value is -2.99. The molecule has 0 aliphatic heterocycles. The van der Waals surface area contributed by atoms with Crippen molar-refractivity contribution in [2.24, 2.45) is 0 Å². The minimum absolute atomic E-state index is 0.0354. The number of benzene rings is 1. The van der Waals surface area contributed by atoms with Gasteiger partial charge in [0.2, 0.25) is 16.0 Å². The van der Waals surface area contributed by atoms with Crippen LogP contribution in [-0.4, -0.2) is 56.6 Å². The summed E-state index contributed by atoms with van der Waals surface area (Å²) in [6.07, 6.45) is 2.22. The molecule has 10 nitrogen and oxygen atoms in total. The number of nitrogen functional groups attached to an aromatic ring is 1. The van der Waals surface area contributed by atoms with E-state index in [-0.39, 0.29) is 18.2 Å². The first-order chi connectivity index (χ1) is 13.5. The Morgan fingerprint density at radius 3 is 2.45 bits per heavy atom. The van der Waals surface area contributed by atoms with Crippen molar-refractivity contribution in [3.63, 3.8) is 0 Å². The van der Waals surface area contributed by atoms with Crippen molar-refractivity contribution in [3.05, 3.63) is 36.4 Å². The average molecular weight is 437 g/mol. The summed E-state index contributed by atoms with van der Waals surface area (Å²) >= 11 is 0. The number of rotatable bonds is 7. The van der Waals surface area contributed by atoms with Crippen molar-refractivity contribution in [1.82, 2.24) is 15.0 Å². The Bertz CT molecular complexity index is 1280. The summed E-state index contributed by atoms with van der Waals surface area (Å²) < 4.78 is 48.1. The summed E-state index contributed by atoms with van der Waals surface area (Å²) in [6, 6.07) is 10.2. The molecular formula is C17H20N6O4S2. The van der Waals surface area contributed by atoms with E-state index < -0.39 is 19.9 Å². The van der Waals surface area contributed by atoms with Crippen LogP contribution in [0.5, 0.6) is 0 Å². The van der Waals surface area contributed by atoms with Gasteiger partial charge in [-0.15, -0.1) is 0 Å². The van der Waals surface area contributed by atoms with Crippen LogP contribution in [0.25, 0.3) is 22.3 Å². The van der Waals surface area contributed by atoms with Gasteiger partial charge in [0.15, 0.2) is 5.82 Å². The van der Waals surface area contributed by atoms with E-state index in [1.807, 2.05) is 0 Å². The van der Waals surface area contributed by atoms with Gasteiger partial charge in [-0.2, -0.15) is 4.98 Å². The van der Waals surface area contributed by atoms with Crippen LogP contribution in [0.2, 0.25) is 0 Å². The number of hydrogen-bond donors (Lipinski definition) is 3. The number of pyridine rings is 1. The Labute approximate surface area is 168 Å². The minimum Gasteiger partial charge on any atom is -0.368 e. The second-order valence-electron chi connectivity index (χ2n) is 6.51. The number of nitrogens with one attached hydrogen (secondary N) is 2. The van der Waals surface area contributed by atoms with E-state index >= 15 is 0 Å². The van der Waals surface area contributed by atoms with Crippen LogP contribution in [0.3, 0.4) is 0 Å². The topological polar surface area (TPSA) is 157 Å². The van der Waals surface area contributed by atoms with E-state index in [1.54, 1.807) is 36.4 Å². The first-order valence-electron chi connectivity index (χ1n) is 8.44. The van der Waals surface area contributed by atoms with Crippen molar-refractivity contribution < 1.29 is 16.8 Å². The maximum absolute atomic E-state index is 11.5. The van der Waals surface area contributed by atoms with Gasteiger partial charge in [0.05, 0.1) is 23.2 Å². The number of hydrogen-bond acceptors (Lipinski definition) is 9. The highest BCUT2D eigenvalue weighted by molar-refractivity contribution is 7.92. The number of sulfone groups is 1. The van der Waals surface area contributed by atoms with Crippen LogP contribution in [0.15, 0.2) is 36.4 Å². The van der Waals surface area contributed by atoms with Gasteiger partial charge < -0.3 is 11.1 Å². The zero-order chi connectivity index (χ0) is 21.2. The molecule has 2 heterocycles. The molecular weight excluding hydrogens is 416 g/mol. The maximum atomic E-state index is 11.5. The van der Waals surface area contributed by atoms with Crippen LogP contribution in [-0.2, 0) is 19.9 Å². The van der Waals surface area contributed by atoms with Crippen LogP contribution in [0.1, 0.15) is 0 Å². The number of fused-ring (bicyclic) bond motifs is 1. The zero-order valence-corrected chi connectivity index (χ0v) is 17.4. The minimum atomic E-state index is -3.41. The Morgan fingerprint density at radius 2 is 1.76 bits per heavy atom. The summed E-state index contributed by atoms with van der Waals surface area (Å²) in [5, 5.41) is 2.94. The van der Waals surface area contributed by atoms with Gasteiger partial charge in [-0.3, -0.25) is 4.72 Å². The molecule has 0 aliphatic rings. The molecule has 0 bridgehead atoms. The normalized spacial score (nSPS) is 12.1. The molecule has 0 atom stereocenters. The molecule has 3 rings (SSSR count). The van der Waals surface area contributed by atoms with Gasteiger partial charge >= 0.3 is 0 Å². The lowest BCUT2D eigenvalue weighted by Crippen LogP contribution is -2.15. The molecule has 12 heteroatoms. The van der Waals surface area contributed by atoms with E-state index in [9.17, 15) is 16.8 Å². The third kappa shape index (κ3) is 5.74. The number of sulfonamides is 1. The third-order valence-corrected chi connectivity index (χ3v) is 5.34. The monoisotopic (exact) mass is 436 g/mol. The fourth-order valence-corrected chi connectivity index (χ4v) is 3.66. The Morgan fingerprint density at radius 1 is 1.00 bits per heavy atom. The van der Waals surface area contributed by atoms with Gasteiger partial charge in [-0.25, -0.2) is 26.8 Å². The van der Waals surface area contributed by atoms with E-state index in [1.165, 1.54) is 0 Å². The highest BCUT2D eigenvalue weighted by Gasteiger charge is 2.12. The molecule has 0 radical (unpaired) electrons. The zero-order valence-electron chi connectivity index (χ0n) is 15.7. The lowest BCUT2D eigenvalue weighted by atomic mass is 10.1. The summed E-state index contributed by atoms with van der Waals surface area (Å²) in [5.74, 6) is 0.286. The smallest absolute Gasteiger partial charge is 0.229 e. The first-order valence-corrected chi connectivity index (χ1v) is 12.4. The molecule has 0 spiro atoms. The van der Waals surface area contributed by atoms with Gasteiger partial charge in [-0.05, 0) is 24.3 Å². The molecule has 0 saturated heterocycles.